The third-order valence-corrected chi connectivity index (χ3v) is 10.7. The SMILES string of the molecule is CC/C=C\C/C=C\C/C=C\C/C=C\CCCCC(=O)O[C@@H](COC(=O)CCCCC/C=C\C/C=C\C/C=C\C/C=C\CCCCC)COC(=O)CCCCCCC/C=C\CCCCCC. The second kappa shape index (κ2) is 52.7. The van der Waals surface area contributed by atoms with E-state index in [1.807, 2.05) is 0 Å². The van der Waals surface area contributed by atoms with Crippen molar-refractivity contribution >= 4 is 17.9 Å². The summed E-state index contributed by atoms with van der Waals surface area (Å²) in [6.07, 6.45) is 70.7. The van der Waals surface area contributed by atoms with Gasteiger partial charge in [-0.15, -0.1) is 0 Å². The van der Waals surface area contributed by atoms with Crippen molar-refractivity contribution in [3.63, 3.8) is 0 Å². The van der Waals surface area contributed by atoms with E-state index in [1.165, 1.54) is 64.2 Å². The van der Waals surface area contributed by atoms with Crippen molar-refractivity contribution in [2.24, 2.45) is 0 Å². The molecule has 0 bridgehead atoms. The number of allylic oxidation sites excluding steroid dienone is 18. The predicted molar refractivity (Wildman–Crippen MR) is 279 cm³/mol. The molecule has 0 aliphatic carbocycles. The molecule has 0 amide bonds. The Hall–Kier alpha value is -3.93. The molecule has 0 radical (unpaired) electrons. The Bertz CT molecular complexity index is 1360. The van der Waals surface area contributed by atoms with Crippen LogP contribution in [-0.2, 0) is 28.6 Å². The smallest absolute Gasteiger partial charge is 0.306 e. The number of esters is 3. The third-order valence-electron chi connectivity index (χ3n) is 10.7. The van der Waals surface area contributed by atoms with Gasteiger partial charge in [0, 0.05) is 19.3 Å². The Morgan fingerprint density at radius 1 is 0.323 bits per heavy atom. The Balaban J connectivity index is 4.53. The van der Waals surface area contributed by atoms with E-state index in [-0.39, 0.29) is 37.5 Å². The van der Waals surface area contributed by atoms with Crippen LogP contribution in [0.2, 0.25) is 0 Å². The van der Waals surface area contributed by atoms with Crippen LogP contribution in [0.3, 0.4) is 0 Å². The van der Waals surface area contributed by atoms with Gasteiger partial charge in [-0.2, -0.15) is 0 Å². The maximum Gasteiger partial charge on any atom is 0.306 e. The van der Waals surface area contributed by atoms with Gasteiger partial charge in [-0.1, -0.05) is 188 Å². The molecule has 0 heterocycles. The molecule has 0 saturated heterocycles. The summed E-state index contributed by atoms with van der Waals surface area (Å²) in [7, 11) is 0. The number of hydrogen-bond acceptors (Lipinski definition) is 6. The molecule has 368 valence electrons. The fraction of sp³-hybridized carbons (Fsp3) is 0.644. The van der Waals surface area contributed by atoms with Gasteiger partial charge in [0.2, 0.25) is 0 Å². The van der Waals surface area contributed by atoms with Gasteiger partial charge < -0.3 is 14.2 Å². The van der Waals surface area contributed by atoms with Crippen LogP contribution in [0.25, 0.3) is 0 Å². The van der Waals surface area contributed by atoms with Gasteiger partial charge in [0.1, 0.15) is 13.2 Å². The summed E-state index contributed by atoms with van der Waals surface area (Å²) < 4.78 is 16.7. The normalized spacial score (nSPS) is 13.0. The average Bonchev–Trinajstić information content (AvgIpc) is 3.30. The largest absolute Gasteiger partial charge is 0.462 e. The predicted octanol–water partition coefficient (Wildman–Crippen LogP) is 17.5. The standard InChI is InChI=1S/C59H96O6/c1-4-7-10-13-16-19-22-25-27-28-29-30-32-34-37-40-43-46-49-52-58(61)64-55-56(54-63-57(60)51-48-45-42-39-36-33-24-21-18-15-12-9-6-3)65-59(62)53-50-47-44-41-38-35-31-26-23-20-17-14-11-8-5-2/h8,11,16-17,19-21,24-27,29-31,34,37-38,41,56H,4-7,9-10,12-15,18,22-23,28,32-33,35-36,39-40,42-55H2,1-3H3/b11-8-,19-16-,20-17-,24-21-,27-25-,30-29-,31-26-,37-34-,41-38-/t56-/m1/s1. The minimum absolute atomic E-state index is 0.111. The highest BCUT2D eigenvalue weighted by atomic mass is 16.6. The lowest BCUT2D eigenvalue weighted by atomic mass is 10.1. The Labute approximate surface area is 400 Å². The first-order valence-corrected chi connectivity index (χ1v) is 26.4. The molecule has 1 atom stereocenters. The van der Waals surface area contributed by atoms with E-state index in [1.54, 1.807) is 0 Å². The molecule has 0 saturated carbocycles. The summed E-state index contributed by atoms with van der Waals surface area (Å²) in [5, 5.41) is 0. The molecular weight excluding hydrogens is 805 g/mol. The van der Waals surface area contributed by atoms with E-state index in [4.69, 9.17) is 14.2 Å². The van der Waals surface area contributed by atoms with Gasteiger partial charge in [0.05, 0.1) is 0 Å². The Morgan fingerprint density at radius 3 is 1.03 bits per heavy atom. The van der Waals surface area contributed by atoms with Crippen LogP contribution in [0.5, 0.6) is 0 Å². The number of carbonyl (C=O) groups excluding carboxylic acids is 3. The van der Waals surface area contributed by atoms with E-state index in [0.29, 0.717) is 19.3 Å². The van der Waals surface area contributed by atoms with Crippen LogP contribution in [0, 0.1) is 0 Å². The molecule has 65 heavy (non-hydrogen) atoms. The Morgan fingerprint density at radius 2 is 0.600 bits per heavy atom. The molecule has 0 aromatic carbocycles. The zero-order valence-electron chi connectivity index (χ0n) is 42.0. The lowest BCUT2D eigenvalue weighted by Gasteiger charge is -2.18. The van der Waals surface area contributed by atoms with Crippen molar-refractivity contribution in [2.75, 3.05) is 13.2 Å². The number of unbranched alkanes of at least 4 members (excludes halogenated alkanes) is 17. The van der Waals surface area contributed by atoms with E-state index >= 15 is 0 Å². The van der Waals surface area contributed by atoms with Gasteiger partial charge in [-0.3, -0.25) is 14.4 Å². The quantitative estimate of drug-likeness (QED) is 0.0262. The molecular formula is C59H96O6. The number of rotatable bonds is 46. The molecule has 0 aliphatic rings. The molecule has 6 nitrogen and oxygen atoms in total. The van der Waals surface area contributed by atoms with Crippen LogP contribution >= 0.6 is 0 Å². The monoisotopic (exact) mass is 901 g/mol. The fourth-order valence-corrected chi connectivity index (χ4v) is 6.76. The van der Waals surface area contributed by atoms with E-state index in [9.17, 15) is 14.4 Å². The first kappa shape index (κ1) is 61.1. The number of carbonyl (C=O) groups is 3. The van der Waals surface area contributed by atoms with E-state index in [2.05, 4.69) is 130 Å². The maximum absolute atomic E-state index is 12.8. The third kappa shape index (κ3) is 50.9. The van der Waals surface area contributed by atoms with Gasteiger partial charge >= 0.3 is 17.9 Å². The summed E-state index contributed by atoms with van der Waals surface area (Å²) in [5.74, 6) is -0.999. The van der Waals surface area contributed by atoms with E-state index in [0.717, 1.165) is 116 Å². The molecule has 0 aliphatic heterocycles. The molecule has 0 spiro atoms. The highest BCUT2D eigenvalue weighted by Crippen LogP contribution is 2.12. The first-order chi connectivity index (χ1) is 32.0. The second-order valence-corrected chi connectivity index (χ2v) is 17.0. The summed E-state index contributed by atoms with van der Waals surface area (Å²) in [5.41, 5.74) is 0. The molecule has 0 rings (SSSR count). The molecule has 0 N–H and O–H groups in total. The molecule has 0 unspecified atom stereocenters. The van der Waals surface area contributed by atoms with Crippen molar-refractivity contribution < 1.29 is 28.6 Å². The summed E-state index contributed by atoms with van der Waals surface area (Å²) in [6, 6.07) is 0. The zero-order chi connectivity index (χ0) is 47.2. The highest BCUT2D eigenvalue weighted by Gasteiger charge is 2.19. The van der Waals surface area contributed by atoms with Crippen LogP contribution in [0.15, 0.2) is 109 Å². The van der Waals surface area contributed by atoms with Crippen LogP contribution in [0.4, 0.5) is 0 Å². The lowest BCUT2D eigenvalue weighted by Crippen LogP contribution is -2.30. The van der Waals surface area contributed by atoms with Crippen molar-refractivity contribution in [1.82, 2.24) is 0 Å². The van der Waals surface area contributed by atoms with E-state index < -0.39 is 6.10 Å². The van der Waals surface area contributed by atoms with Crippen LogP contribution in [-0.4, -0.2) is 37.2 Å². The van der Waals surface area contributed by atoms with Gasteiger partial charge in [0.25, 0.3) is 0 Å². The second-order valence-electron chi connectivity index (χ2n) is 17.0. The maximum atomic E-state index is 12.8. The highest BCUT2D eigenvalue weighted by molar-refractivity contribution is 5.71. The first-order valence-electron chi connectivity index (χ1n) is 26.4. The number of hydrogen-bond donors (Lipinski definition) is 0. The summed E-state index contributed by atoms with van der Waals surface area (Å²) >= 11 is 0. The molecule has 0 aromatic rings. The van der Waals surface area contributed by atoms with Crippen LogP contribution in [0.1, 0.15) is 226 Å². The minimum Gasteiger partial charge on any atom is -0.462 e. The van der Waals surface area contributed by atoms with Crippen molar-refractivity contribution in [3.05, 3.63) is 109 Å². The fourth-order valence-electron chi connectivity index (χ4n) is 6.76. The zero-order valence-corrected chi connectivity index (χ0v) is 42.0. The molecule has 6 heteroatoms. The Kier molecular flexibility index (Phi) is 49.5. The van der Waals surface area contributed by atoms with Crippen molar-refractivity contribution in [1.29, 1.82) is 0 Å². The molecule has 0 aromatic heterocycles. The van der Waals surface area contributed by atoms with Crippen molar-refractivity contribution in [3.8, 4) is 0 Å². The topological polar surface area (TPSA) is 78.9 Å². The average molecular weight is 901 g/mol. The van der Waals surface area contributed by atoms with Gasteiger partial charge in [0.15, 0.2) is 6.10 Å². The molecule has 0 fully saturated rings. The lowest BCUT2D eigenvalue weighted by molar-refractivity contribution is -0.167. The van der Waals surface area contributed by atoms with Gasteiger partial charge in [-0.25, -0.2) is 0 Å². The van der Waals surface area contributed by atoms with Gasteiger partial charge in [-0.05, 0) is 128 Å². The summed E-state index contributed by atoms with van der Waals surface area (Å²) in [4.78, 5) is 38.0. The number of ether oxygens (including phenoxy) is 3. The van der Waals surface area contributed by atoms with Crippen LogP contribution < -0.4 is 0 Å². The summed E-state index contributed by atoms with van der Waals surface area (Å²) in [6.45, 7) is 6.40. The minimum atomic E-state index is -0.818. The van der Waals surface area contributed by atoms with Crippen molar-refractivity contribution in [2.45, 2.75) is 232 Å².